The summed E-state index contributed by atoms with van der Waals surface area (Å²) in [6.07, 6.45) is 7.57. The van der Waals surface area contributed by atoms with E-state index in [4.69, 9.17) is 0 Å². The summed E-state index contributed by atoms with van der Waals surface area (Å²) < 4.78 is 5.15. The highest BCUT2D eigenvalue weighted by atomic mass is 16.2. The summed E-state index contributed by atoms with van der Waals surface area (Å²) in [5.41, 5.74) is 1.47. The van der Waals surface area contributed by atoms with E-state index in [-0.39, 0.29) is 18.1 Å². The van der Waals surface area contributed by atoms with Crippen molar-refractivity contribution in [1.82, 2.24) is 18.9 Å². The highest BCUT2D eigenvalue weighted by Gasteiger charge is 2.20. The van der Waals surface area contributed by atoms with E-state index in [1.165, 1.54) is 23.8 Å². The van der Waals surface area contributed by atoms with E-state index in [9.17, 15) is 9.59 Å². The van der Waals surface area contributed by atoms with Crippen LogP contribution in [0.1, 0.15) is 45.1 Å². The molecule has 1 saturated carbocycles. The molecule has 0 spiro atoms. The van der Waals surface area contributed by atoms with Gasteiger partial charge in [-0.2, -0.15) is 5.10 Å². The van der Waals surface area contributed by atoms with Gasteiger partial charge in [0.2, 0.25) is 5.91 Å². The van der Waals surface area contributed by atoms with Crippen LogP contribution in [0.3, 0.4) is 0 Å². The first kappa shape index (κ1) is 17.6. The van der Waals surface area contributed by atoms with Crippen molar-refractivity contribution in [3.8, 4) is 0 Å². The lowest BCUT2D eigenvalue weighted by atomic mass is 9.96. The number of amides is 1. The number of para-hydroxylation sites is 2. The number of nitrogens with one attached hydrogen (secondary N) is 1. The van der Waals surface area contributed by atoms with Crippen LogP contribution in [0.15, 0.2) is 41.3 Å². The Hall–Kier alpha value is -2.83. The maximum Gasteiger partial charge on any atom is 0.329 e. The summed E-state index contributed by atoms with van der Waals surface area (Å²) >= 11 is 0. The van der Waals surface area contributed by atoms with Crippen LogP contribution < -0.4 is 11.0 Å². The van der Waals surface area contributed by atoms with Crippen molar-refractivity contribution in [2.75, 3.05) is 5.32 Å². The standard InChI is InChI=1S/C20H25N5O2/c1-2-23-16-10-6-7-11-17(16)24(20(23)27)14-19(26)22-18-12-13-21-25(18)15-8-4-3-5-9-15/h6-7,10-13,15H,2-5,8-9,14H2,1H3,(H,22,26). The maximum atomic E-state index is 12.7. The molecule has 0 bridgehead atoms. The molecule has 27 heavy (non-hydrogen) atoms. The number of rotatable bonds is 5. The summed E-state index contributed by atoms with van der Waals surface area (Å²) in [5.74, 6) is 0.493. The molecule has 142 valence electrons. The zero-order valence-corrected chi connectivity index (χ0v) is 15.6. The van der Waals surface area contributed by atoms with Crippen LogP contribution in [-0.2, 0) is 17.9 Å². The molecule has 3 aromatic rings. The van der Waals surface area contributed by atoms with E-state index in [2.05, 4.69) is 10.4 Å². The van der Waals surface area contributed by atoms with Crippen molar-refractivity contribution in [1.29, 1.82) is 0 Å². The Kier molecular flexibility index (Phi) is 4.83. The van der Waals surface area contributed by atoms with Crippen molar-refractivity contribution in [3.63, 3.8) is 0 Å². The molecule has 0 unspecified atom stereocenters. The molecule has 1 aliphatic rings. The number of hydrogen-bond acceptors (Lipinski definition) is 3. The highest BCUT2D eigenvalue weighted by molar-refractivity contribution is 5.90. The number of carbonyl (C=O) groups is 1. The number of hydrogen-bond donors (Lipinski definition) is 1. The minimum Gasteiger partial charge on any atom is -0.309 e. The van der Waals surface area contributed by atoms with Crippen LogP contribution in [0.25, 0.3) is 11.0 Å². The third kappa shape index (κ3) is 3.29. The molecular formula is C20H25N5O2. The molecule has 1 N–H and O–H groups in total. The number of aryl methyl sites for hydroxylation is 1. The van der Waals surface area contributed by atoms with Gasteiger partial charge in [-0.15, -0.1) is 0 Å². The summed E-state index contributed by atoms with van der Waals surface area (Å²) in [7, 11) is 0. The number of fused-ring (bicyclic) bond motifs is 1. The molecule has 1 fully saturated rings. The smallest absolute Gasteiger partial charge is 0.309 e. The van der Waals surface area contributed by atoms with E-state index in [1.54, 1.807) is 10.8 Å². The number of nitrogens with zero attached hydrogens (tertiary/aromatic N) is 4. The fourth-order valence-corrected chi connectivity index (χ4v) is 4.09. The first-order chi connectivity index (χ1) is 13.2. The molecule has 0 radical (unpaired) electrons. The van der Waals surface area contributed by atoms with Gasteiger partial charge in [0.05, 0.1) is 23.3 Å². The van der Waals surface area contributed by atoms with Gasteiger partial charge in [-0.05, 0) is 31.9 Å². The lowest BCUT2D eigenvalue weighted by Gasteiger charge is -2.23. The summed E-state index contributed by atoms with van der Waals surface area (Å²) in [4.78, 5) is 25.4. The van der Waals surface area contributed by atoms with Crippen LogP contribution in [0.5, 0.6) is 0 Å². The first-order valence-corrected chi connectivity index (χ1v) is 9.70. The van der Waals surface area contributed by atoms with E-state index in [0.29, 0.717) is 18.4 Å². The van der Waals surface area contributed by atoms with Gasteiger partial charge < -0.3 is 5.32 Å². The van der Waals surface area contributed by atoms with Gasteiger partial charge in [0, 0.05) is 12.6 Å². The fraction of sp³-hybridized carbons (Fsp3) is 0.450. The molecule has 0 atom stereocenters. The van der Waals surface area contributed by atoms with Gasteiger partial charge in [0.25, 0.3) is 0 Å². The summed E-state index contributed by atoms with van der Waals surface area (Å²) in [6, 6.07) is 9.74. The average Bonchev–Trinajstić information content (AvgIpc) is 3.25. The van der Waals surface area contributed by atoms with Gasteiger partial charge in [-0.1, -0.05) is 31.4 Å². The van der Waals surface area contributed by atoms with Crippen LogP contribution >= 0.6 is 0 Å². The maximum absolute atomic E-state index is 12.7. The number of benzene rings is 1. The predicted octanol–water partition coefficient (Wildman–Crippen LogP) is 3.16. The Labute approximate surface area is 157 Å². The fourth-order valence-electron chi connectivity index (χ4n) is 4.09. The van der Waals surface area contributed by atoms with E-state index in [0.717, 1.165) is 23.9 Å². The SMILES string of the molecule is CCn1c(=O)n(CC(=O)Nc2ccnn2C2CCCCC2)c2ccccc21. The second-order valence-electron chi connectivity index (χ2n) is 7.10. The number of aromatic nitrogens is 4. The third-order valence-electron chi connectivity index (χ3n) is 5.40. The third-order valence-corrected chi connectivity index (χ3v) is 5.40. The Balaban J connectivity index is 1.56. The minimum atomic E-state index is -0.214. The summed E-state index contributed by atoms with van der Waals surface area (Å²) in [6.45, 7) is 2.49. The van der Waals surface area contributed by atoms with E-state index < -0.39 is 0 Å². The molecule has 0 aliphatic heterocycles. The van der Waals surface area contributed by atoms with Crippen molar-refractivity contribution < 1.29 is 4.79 Å². The average molecular weight is 367 g/mol. The Morgan fingerprint density at radius 1 is 1.11 bits per heavy atom. The normalized spacial score (nSPS) is 15.3. The van der Waals surface area contributed by atoms with E-state index >= 15 is 0 Å². The summed E-state index contributed by atoms with van der Waals surface area (Å²) in [5, 5.41) is 7.36. The van der Waals surface area contributed by atoms with Crippen molar-refractivity contribution in [2.24, 2.45) is 0 Å². The van der Waals surface area contributed by atoms with Crippen molar-refractivity contribution in [2.45, 2.75) is 58.2 Å². The minimum absolute atomic E-state index is 0.0117. The lowest BCUT2D eigenvalue weighted by molar-refractivity contribution is -0.116. The first-order valence-electron chi connectivity index (χ1n) is 9.70. The molecule has 7 nitrogen and oxygen atoms in total. The molecular weight excluding hydrogens is 342 g/mol. The number of carbonyl (C=O) groups excluding carboxylic acids is 1. The Morgan fingerprint density at radius 2 is 1.81 bits per heavy atom. The van der Waals surface area contributed by atoms with Gasteiger partial charge in [-0.25, -0.2) is 9.48 Å². The Bertz CT molecular complexity index is 1010. The van der Waals surface area contributed by atoms with Gasteiger partial charge in [-0.3, -0.25) is 13.9 Å². The highest BCUT2D eigenvalue weighted by Crippen LogP contribution is 2.29. The van der Waals surface area contributed by atoms with Crippen molar-refractivity contribution >= 4 is 22.8 Å². The molecule has 2 aromatic heterocycles. The second kappa shape index (κ2) is 7.42. The predicted molar refractivity (Wildman–Crippen MR) is 105 cm³/mol. The molecule has 0 saturated heterocycles. The zero-order chi connectivity index (χ0) is 18.8. The quantitative estimate of drug-likeness (QED) is 0.753. The molecule has 1 amide bonds. The molecule has 2 heterocycles. The van der Waals surface area contributed by atoms with E-state index in [1.807, 2.05) is 41.9 Å². The Morgan fingerprint density at radius 3 is 2.52 bits per heavy atom. The zero-order valence-electron chi connectivity index (χ0n) is 15.6. The molecule has 1 aliphatic carbocycles. The van der Waals surface area contributed by atoms with Crippen LogP contribution in [0.4, 0.5) is 5.82 Å². The molecule has 1 aromatic carbocycles. The van der Waals surface area contributed by atoms with Crippen molar-refractivity contribution in [3.05, 3.63) is 47.0 Å². The van der Waals surface area contributed by atoms with Gasteiger partial charge >= 0.3 is 5.69 Å². The van der Waals surface area contributed by atoms with Crippen LogP contribution in [0.2, 0.25) is 0 Å². The van der Waals surface area contributed by atoms with Crippen LogP contribution in [0, 0.1) is 0 Å². The topological polar surface area (TPSA) is 73.8 Å². The van der Waals surface area contributed by atoms with Gasteiger partial charge in [0.15, 0.2) is 0 Å². The molecule has 7 heteroatoms. The lowest BCUT2D eigenvalue weighted by Crippen LogP contribution is -2.30. The number of imidazole rings is 1. The molecule has 4 rings (SSSR count). The largest absolute Gasteiger partial charge is 0.329 e. The second-order valence-corrected chi connectivity index (χ2v) is 7.10. The monoisotopic (exact) mass is 367 g/mol. The van der Waals surface area contributed by atoms with Gasteiger partial charge in [0.1, 0.15) is 12.4 Å². The number of anilines is 1. The van der Waals surface area contributed by atoms with Crippen LogP contribution in [-0.4, -0.2) is 24.8 Å².